The average molecular weight is 258 g/mol. The molecule has 0 amide bonds. The molecule has 0 saturated heterocycles. The van der Waals surface area contributed by atoms with Gasteiger partial charge in [-0.15, -0.1) is 0 Å². The summed E-state index contributed by atoms with van der Waals surface area (Å²) in [6, 6.07) is 0. The number of halogens is 1. The highest BCUT2D eigenvalue weighted by atomic mass is 35.5. The van der Waals surface area contributed by atoms with Gasteiger partial charge in [0.05, 0.1) is 7.11 Å². The Morgan fingerprint density at radius 2 is 2.18 bits per heavy atom. The van der Waals surface area contributed by atoms with Crippen LogP contribution in [0.1, 0.15) is 12.7 Å². The molecule has 0 aliphatic rings. The van der Waals surface area contributed by atoms with Crippen LogP contribution in [0.3, 0.4) is 0 Å². The Hall–Kier alpha value is -1.56. The van der Waals surface area contributed by atoms with Crippen LogP contribution in [-0.4, -0.2) is 36.6 Å². The third-order valence-corrected chi connectivity index (χ3v) is 2.22. The van der Waals surface area contributed by atoms with E-state index in [0.717, 1.165) is 6.54 Å². The van der Waals surface area contributed by atoms with E-state index in [2.05, 4.69) is 25.6 Å². The Kier molecular flexibility index (Phi) is 4.96. The summed E-state index contributed by atoms with van der Waals surface area (Å²) in [5.41, 5.74) is 0.501. The van der Waals surface area contributed by atoms with Gasteiger partial charge in [-0.2, -0.15) is 4.98 Å². The summed E-state index contributed by atoms with van der Waals surface area (Å²) in [6.07, 6.45) is 0. The maximum atomic E-state index is 6.04. The molecule has 0 saturated carbocycles. The van der Waals surface area contributed by atoms with Crippen molar-refractivity contribution in [2.24, 2.45) is 4.99 Å². The van der Waals surface area contributed by atoms with Gasteiger partial charge in [-0.05, 0) is 13.8 Å². The SMILES string of the molecule is CCNC(=NC)Nc1c(Cl)nc(C)nc1OC. The number of rotatable bonds is 3. The van der Waals surface area contributed by atoms with E-state index >= 15 is 0 Å². The molecule has 0 atom stereocenters. The summed E-state index contributed by atoms with van der Waals surface area (Å²) in [4.78, 5) is 12.2. The fourth-order valence-corrected chi connectivity index (χ4v) is 1.48. The van der Waals surface area contributed by atoms with Crippen LogP contribution in [0.2, 0.25) is 5.15 Å². The molecule has 0 bridgehead atoms. The summed E-state index contributed by atoms with van der Waals surface area (Å²) < 4.78 is 5.15. The zero-order chi connectivity index (χ0) is 12.8. The normalized spacial score (nSPS) is 11.2. The van der Waals surface area contributed by atoms with E-state index in [1.54, 1.807) is 14.0 Å². The number of methoxy groups -OCH3 is 1. The minimum atomic E-state index is 0.299. The van der Waals surface area contributed by atoms with E-state index in [9.17, 15) is 0 Å². The zero-order valence-electron chi connectivity index (χ0n) is 10.3. The molecule has 0 radical (unpaired) electrons. The third kappa shape index (κ3) is 3.45. The fourth-order valence-electron chi connectivity index (χ4n) is 1.23. The highest BCUT2D eigenvalue weighted by Gasteiger charge is 2.13. The van der Waals surface area contributed by atoms with Crippen LogP contribution in [0, 0.1) is 6.92 Å². The lowest BCUT2D eigenvalue weighted by Gasteiger charge is -2.13. The Morgan fingerprint density at radius 3 is 2.71 bits per heavy atom. The highest BCUT2D eigenvalue weighted by Crippen LogP contribution is 2.28. The van der Waals surface area contributed by atoms with Crippen molar-refractivity contribution in [3.63, 3.8) is 0 Å². The summed E-state index contributed by atoms with van der Waals surface area (Å²) in [5, 5.41) is 6.34. The molecule has 6 nitrogen and oxygen atoms in total. The maximum Gasteiger partial charge on any atom is 0.242 e. The lowest BCUT2D eigenvalue weighted by Crippen LogP contribution is -2.30. The lowest BCUT2D eigenvalue weighted by atomic mass is 10.4. The number of aromatic nitrogens is 2. The van der Waals surface area contributed by atoms with Gasteiger partial charge < -0.3 is 15.4 Å². The van der Waals surface area contributed by atoms with Gasteiger partial charge in [0.15, 0.2) is 11.1 Å². The van der Waals surface area contributed by atoms with Crippen LogP contribution >= 0.6 is 11.6 Å². The van der Waals surface area contributed by atoms with Crippen molar-refractivity contribution in [2.75, 3.05) is 26.0 Å². The molecule has 0 fully saturated rings. The van der Waals surface area contributed by atoms with Crippen molar-refractivity contribution in [3.8, 4) is 5.88 Å². The van der Waals surface area contributed by atoms with Crippen LogP contribution in [0.4, 0.5) is 5.69 Å². The highest BCUT2D eigenvalue weighted by molar-refractivity contribution is 6.32. The molecule has 0 unspecified atom stereocenters. The number of ether oxygens (including phenoxy) is 1. The standard InChI is InChI=1S/C10H16ClN5O/c1-5-13-10(12-3)16-7-8(11)14-6(2)15-9(7)17-4/h5H2,1-4H3,(H2,12,13,16). The predicted molar refractivity (Wildman–Crippen MR) is 69.0 cm³/mol. The van der Waals surface area contributed by atoms with Crippen molar-refractivity contribution >= 4 is 23.2 Å². The first-order chi connectivity index (χ1) is 8.12. The molecule has 1 aromatic rings. The number of anilines is 1. The average Bonchev–Trinajstić information content (AvgIpc) is 2.30. The molecule has 0 aliphatic carbocycles. The minimum Gasteiger partial charge on any atom is -0.479 e. The molecule has 0 spiro atoms. The van der Waals surface area contributed by atoms with Gasteiger partial charge in [0, 0.05) is 13.6 Å². The van der Waals surface area contributed by atoms with E-state index in [-0.39, 0.29) is 0 Å². The monoisotopic (exact) mass is 257 g/mol. The van der Waals surface area contributed by atoms with Crippen LogP contribution < -0.4 is 15.4 Å². The van der Waals surface area contributed by atoms with Gasteiger partial charge in [-0.1, -0.05) is 11.6 Å². The van der Waals surface area contributed by atoms with Crippen LogP contribution in [-0.2, 0) is 0 Å². The second kappa shape index (κ2) is 6.24. The zero-order valence-corrected chi connectivity index (χ0v) is 11.1. The first-order valence-corrected chi connectivity index (χ1v) is 5.56. The van der Waals surface area contributed by atoms with E-state index in [0.29, 0.717) is 28.5 Å². The number of nitrogens with zero attached hydrogens (tertiary/aromatic N) is 3. The van der Waals surface area contributed by atoms with Gasteiger partial charge in [0.1, 0.15) is 11.5 Å². The molecule has 17 heavy (non-hydrogen) atoms. The van der Waals surface area contributed by atoms with Gasteiger partial charge in [0.25, 0.3) is 0 Å². The van der Waals surface area contributed by atoms with Gasteiger partial charge in [-0.25, -0.2) is 4.98 Å². The lowest BCUT2D eigenvalue weighted by molar-refractivity contribution is 0.398. The number of nitrogens with one attached hydrogen (secondary N) is 2. The molecule has 1 aromatic heterocycles. The van der Waals surface area contributed by atoms with Gasteiger partial charge >= 0.3 is 0 Å². The Balaban J connectivity index is 3.04. The smallest absolute Gasteiger partial charge is 0.242 e. The molecule has 94 valence electrons. The molecule has 7 heteroatoms. The molecule has 2 N–H and O–H groups in total. The number of hydrogen-bond donors (Lipinski definition) is 2. The Labute approximate surface area is 105 Å². The fraction of sp³-hybridized carbons (Fsp3) is 0.500. The van der Waals surface area contributed by atoms with Gasteiger partial charge in [-0.3, -0.25) is 4.99 Å². The number of hydrogen-bond acceptors (Lipinski definition) is 4. The maximum absolute atomic E-state index is 6.04. The van der Waals surface area contributed by atoms with Crippen molar-refractivity contribution in [3.05, 3.63) is 11.0 Å². The van der Waals surface area contributed by atoms with Crippen LogP contribution in [0.15, 0.2) is 4.99 Å². The molecule has 0 aromatic carbocycles. The third-order valence-electron chi connectivity index (χ3n) is 1.95. The second-order valence-corrected chi connectivity index (χ2v) is 3.53. The van der Waals surface area contributed by atoms with Crippen molar-refractivity contribution in [1.82, 2.24) is 15.3 Å². The van der Waals surface area contributed by atoms with E-state index < -0.39 is 0 Å². The molecular formula is C10H16ClN5O. The largest absolute Gasteiger partial charge is 0.479 e. The quantitative estimate of drug-likeness (QED) is 0.487. The second-order valence-electron chi connectivity index (χ2n) is 3.17. The first kappa shape index (κ1) is 13.5. The number of guanidine groups is 1. The van der Waals surface area contributed by atoms with E-state index in [4.69, 9.17) is 16.3 Å². The first-order valence-electron chi connectivity index (χ1n) is 5.18. The summed E-state index contributed by atoms with van der Waals surface area (Å²) in [5.74, 6) is 1.53. The van der Waals surface area contributed by atoms with E-state index in [1.165, 1.54) is 7.11 Å². The number of aryl methyl sites for hydroxylation is 1. The summed E-state index contributed by atoms with van der Waals surface area (Å²) in [7, 11) is 3.19. The van der Waals surface area contributed by atoms with Crippen molar-refractivity contribution in [2.45, 2.75) is 13.8 Å². The van der Waals surface area contributed by atoms with Gasteiger partial charge in [0.2, 0.25) is 5.88 Å². The predicted octanol–water partition coefficient (Wildman–Crippen LogP) is 1.45. The molecule has 0 aliphatic heterocycles. The molecular weight excluding hydrogens is 242 g/mol. The van der Waals surface area contributed by atoms with Crippen LogP contribution in [0.5, 0.6) is 5.88 Å². The Morgan fingerprint density at radius 1 is 1.47 bits per heavy atom. The molecule has 1 heterocycles. The number of aliphatic imine (C=N–C) groups is 1. The summed E-state index contributed by atoms with van der Waals surface area (Å²) >= 11 is 6.04. The van der Waals surface area contributed by atoms with Crippen molar-refractivity contribution in [1.29, 1.82) is 0 Å². The molecule has 1 rings (SSSR count). The summed E-state index contributed by atoms with van der Waals surface area (Å²) in [6.45, 7) is 4.46. The Bertz CT molecular complexity index is 421. The minimum absolute atomic E-state index is 0.299. The van der Waals surface area contributed by atoms with Crippen LogP contribution in [0.25, 0.3) is 0 Å². The topological polar surface area (TPSA) is 71.4 Å². The van der Waals surface area contributed by atoms with E-state index in [1.807, 2.05) is 6.92 Å². The van der Waals surface area contributed by atoms with Crippen molar-refractivity contribution < 1.29 is 4.74 Å².